The first-order valence-corrected chi connectivity index (χ1v) is 12.9. The van der Waals surface area contributed by atoms with Crippen molar-refractivity contribution in [3.8, 4) is 5.88 Å². The number of benzene rings is 1. The van der Waals surface area contributed by atoms with Crippen LogP contribution in [0.4, 0.5) is 5.13 Å². The number of nitrogens with one attached hydrogen (secondary N) is 1. The third kappa shape index (κ3) is 4.72. The number of nitrogens with zero attached hydrogens (tertiary/aromatic N) is 4. The number of methoxy groups -OCH3 is 1. The Morgan fingerprint density at radius 3 is 2.68 bits per heavy atom. The SMILES string of the molecule is COc1cnc2nc(NC(=O)C(=NO[C@@H]3CCOC3)c3ccc(S(=O)(=O)C4CC4)cc3)sc2n1. The predicted octanol–water partition coefficient (Wildman–Crippen LogP) is 2.18. The zero-order valence-electron chi connectivity index (χ0n) is 18.1. The number of rotatable bonds is 8. The summed E-state index contributed by atoms with van der Waals surface area (Å²) in [4.78, 5) is 32.1. The molecule has 1 amide bonds. The van der Waals surface area contributed by atoms with Crippen molar-refractivity contribution in [3.63, 3.8) is 0 Å². The van der Waals surface area contributed by atoms with Gasteiger partial charge in [0.2, 0.25) is 5.88 Å². The summed E-state index contributed by atoms with van der Waals surface area (Å²) in [6, 6.07) is 6.08. The second-order valence-corrected chi connectivity index (χ2v) is 11.0. The number of oxime groups is 1. The maximum absolute atomic E-state index is 13.1. The van der Waals surface area contributed by atoms with Gasteiger partial charge in [0.05, 0.1) is 36.7 Å². The van der Waals surface area contributed by atoms with E-state index in [4.69, 9.17) is 14.3 Å². The molecule has 1 aliphatic heterocycles. The zero-order chi connectivity index (χ0) is 23.7. The van der Waals surface area contributed by atoms with Gasteiger partial charge < -0.3 is 14.3 Å². The van der Waals surface area contributed by atoms with Gasteiger partial charge in [-0.25, -0.2) is 13.4 Å². The number of amides is 1. The number of carbonyl (C=O) groups excluding carboxylic acids is 1. The Hall–Kier alpha value is -3.16. The molecule has 13 heteroatoms. The summed E-state index contributed by atoms with van der Waals surface area (Å²) in [5.74, 6) is -0.229. The summed E-state index contributed by atoms with van der Waals surface area (Å²) in [6.07, 6.45) is 3.19. The van der Waals surface area contributed by atoms with Crippen molar-refractivity contribution in [2.24, 2.45) is 5.16 Å². The van der Waals surface area contributed by atoms with E-state index in [1.54, 1.807) is 12.1 Å². The lowest BCUT2D eigenvalue weighted by atomic mass is 10.1. The molecule has 1 saturated carbocycles. The highest BCUT2D eigenvalue weighted by atomic mass is 32.2. The van der Waals surface area contributed by atoms with E-state index in [9.17, 15) is 13.2 Å². The van der Waals surface area contributed by atoms with E-state index in [-0.39, 0.29) is 27.1 Å². The molecule has 11 nitrogen and oxygen atoms in total. The largest absolute Gasteiger partial charge is 0.480 e. The smallest absolute Gasteiger partial charge is 0.280 e. The fourth-order valence-electron chi connectivity index (χ4n) is 3.34. The molecule has 2 fully saturated rings. The van der Waals surface area contributed by atoms with Gasteiger partial charge in [0.1, 0.15) is 0 Å². The molecule has 0 bridgehead atoms. The Kier molecular flexibility index (Phi) is 6.15. The molecule has 0 unspecified atom stereocenters. The summed E-state index contributed by atoms with van der Waals surface area (Å²) in [5, 5.41) is 6.75. The Balaban J connectivity index is 1.41. The van der Waals surface area contributed by atoms with Crippen molar-refractivity contribution in [1.29, 1.82) is 0 Å². The number of hydrogen-bond acceptors (Lipinski definition) is 11. The van der Waals surface area contributed by atoms with Gasteiger partial charge in [-0.3, -0.25) is 10.1 Å². The molecule has 3 heterocycles. The Morgan fingerprint density at radius 2 is 2.00 bits per heavy atom. The van der Waals surface area contributed by atoms with Gasteiger partial charge in [0, 0.05) is 12.0 Å². The van der Waals surface area contributed by atoms with Gasteiger partial charge in [-0.1, -0.05) is 28.6 Å². The Labute approximate surface area is 199 Å². The highest BCUT2D eigenvalue weighted by molar-refractivity contribution is 7.92. The number of thiazole rings is 1. The van der Waals surface area contributed by atoms with Gasteiger partial charge in [-0.2, -0.15) is 9.97 Å². The van der Waals surface area contributed by atoms with Crippen LogP contribution in [0.2, 0.25) is 0 Å². The van der Waals surface area contributed by atoms with E-state index in [2.05, 4.69) is 25.4 Å². The molecule has 3 aromatic rings. The summed E-state index contributed by atoms with van der Waals surface area (Å²) in [6.45, 7) is 0.943. The first-order valence-electron chi connectivity index (χ1n) is 10.6. The van der Waals surface area contributed by atoms with Gasteiger partial charge in [-0.05, 0) is 25.0 Å². The molecule has 34 heavy (non-hydrogen) atoms. The number of sulfone groups is 1. The second-order valence-electron chi connectivity index (χ2n) is 7.81. The summed E-state index contributed by atoms with van der Waals surface area (Å²) in [7, 11) is -1.86. The van der Waals surface area contributed by atoms with Gasteiger partial charge in [-0.15, -0.1) is 0 Å². The molecular weight excluding hydrogens is 482 g/mol. The van der Waals surface area contributed by atoms with Crippen molar-refractivity contribution in [2.45, 2.75) is 35.5 Å². The second kappa shape index (κ2) is 9.24. The van der Waals surface area contributed by atoms with E-state index in [0.717, 1.165) is 11.3 Å². The van der Waals surface area contributed by atoms with E-state index in [0.29, 0.717) is 54.4 Å². The summed E-state index contributed by atoms with van der Waals surface area (Å²) < 4.78 is 35.4. The summed E-state index contributed by atoms with van der Waals surface area (Å²) >= 11 is 1.14. The minimum Gasteiger partial charge on any atom is -0.480 e. The van der Waals surface area contributed by atoms with E-state index >= 15 is 0 Å². The lowest BCUT2D eigenvalue weighted by Crippen LogP contribution is -2.25. The topological polar surface area (TPSA) is 142 Å². The van der Waals surface area contributed by atoms with Crippen molar-refractivity contribution >= 4 is 48.4 Å². The van der Waals surface area contributed by atoms with Crippen LogP contribution in [0.15, 0.2) is 40.5 Å². The fraction of sp³-hybridized carbons (Fsp3) is 0.381. The molecule has 5 rings (SSSR count). The standard InChI is InChI=1S/C21H21N5O6S2/c1-30-16-10-22-18-20(23-16)33-21(24-18)25-19(27)17(26-32-13-8-9-31-11-13)12-2-4-14(5-3-12)34(28,29)15-6-7-15/h2-5,10,13,15H,6-9,11H2,1H3,(H,22,24,25,27)/t13-/m1/s1. The third-order valence-electron chi connectivity index (χ3n) is 5.35. The van der Waals surface area contributed by atoms with Gasteiger partial charge in [0.25, 0.3) is 5.91 Å². The van der Waals surface area contributed by atoms with Crippen LogP contribution in [-0.2, 0) is 24.2 Å². The Bertz CT molecular complexity index is 1350. The molecule has 0 spiro atoms. The average Bonchev–Trinajstić information content (AvgIpc) is 3.44. The minimum atomic E-state index is -3.34. The fourth-order valence-corrected chi connectivity index (χ4v) is 5.78. The molecule has 1 saturated heterocycles. The number of aromatic nitrogens is 3. The monoisotopic (exact) mass is 503 g/mol. The molecule has 1 N–H and O–H groups in total. The molecule has 178 valence electrons. The highest BCUT2D eigenvalue weighted by Crippen LogP contribution is 2.33. The van der Waals surface area contributed by atoms with Gasteiger partial charge in [0.15, 0.2) is 37.3 Å². The van der Waals surface area contributed by atoms with Crippen LogP contribution in [0.25, 0.3) is 10.5 Å². The summed E-state index contributed by atoms with van der Waals surface area (Å²) in [5.41, 5.74) is 0.763. The van der Waals surface area contributed by atoms with Crippen LogP contribution < -0.4 is 10.1 Å². The van der Waals surface area contributed by atoms with Crippen LogP contribution in [-0.4, -0.2) is 66.7 Å². The number of ether oxygens (including phenoxy) is 2. The van der Waals surface area contributed by atoms with Crippen molar-refractivity contribution in [3.05, 3.63) is 36.0 Å². The molecule has 1 atom stereocenters. The maximum atomic E-state index is 13.1. The molecule has 2 aliphatic rings. The lowest BCUT2D eigenvalue weighted by Gasteiger charge is -2.10. The van der Waals surface area contributed by atoms with Crippen LogP contribution in [0.3, 0.4) is 0 Å². The number of anilines is 1. The van der Waals surface area contributed by atoms with E-state index in [1.165, 1.54) is 25.4 Å². The first-order chi connectivity index (χ1) is 16.4. The van der Waals surface area contributed by atoms with Crippen LogP contribution in [0.1, 0.15) is 24.8 Å². The van der Waals surface area contributed by atoms with E-state index in [1.807, 2.05) is 0 Å². The number of fused-ring (bicyclic) bond motifs is 1. The first kappa shape index (κ1) is 22.6. The van der Waals surface area contributed by atoms with Crippen molar-refractivity contribution < 1.29 is 27.5 Å². The quantitative estimate of drug-likeness (QED) is 0.361. The lowest BCUT2D eigenvalue weighted by molar-refractivity contribution is -0.110. The van der Waals surface area contributed by atoms with Gasteiger partial charge >= 0.3 is 0 Å². The maximum Gasteiger partial charge on any atom is 0.280 e. The van der Waals surface area contributed by atoms with E-state index < -0.39 is 15.7 Å². The molecule has 0 radical (unpaired) electrons. The average molecular weight is 504 g/mol. The van der Waals surface area contributed by atoms with Crippen LogP contribution >= 0.6 is 11.3 Å². The molecule has 1 aliphatic carbocycles. The number of hydrogen-bond donors (Lipinski definition) is 1. The highest BCUT2D eigenvalue weighted by Gasteiger charge is 2.36. The Morgan fingerprint density at radius 1 is 1.21 bits per heavy atom. The third-order valence-corrected chi connectivity index (χ3v) is 8.48. The van der Waals surface area contributed by atoms with Crippen LogP contribution in [0.5, 0.6) is 5.88 Å². The molecule has 2 aromatic heterocycles. The molecule has 1 aromatic carbocycles. The molecular formula is C21H21N5O6S2. The zero-order valence-corrected chi connectivity index (χ0v) is 19.8. The number of carbonyl (C=O) groups is 1. The van der Waals surface area contributed by atoms with Crippen molar-refractivity contribution in [2.75, 3.05) is 25.6 Å². The minimum absolute atomic E-state index is 0.0139. The van der Waals surface area contributed by atoms with Crippen LogP contribution in [0, 0.1) is 0 Å². The normalized spacial score (nSPS) is 18.7. The predicted molar refractivity (Wildman–Crippen MR) is 124 cm³/mol. The van der Waals surface area contributed by atoms with Crippen molar-refractivity contribution in [1.82, 2.24) is 15.0 Å².